The fourth-order valence-corrected chi connectivity index (χ4v) is 3.74. The van der Waals surface area contributed by atoms with Gasteiger partial charge in [0, 0.05) is 12.6 Å². The lowest BCUT2D eigenvalue weighted by Crippen LogP contribution is -2.44. The van der Waals surface area contributed by atoms with Crippen LogP contribution in [0.25, 0.3) is 0 Å². The van der Waals surface area contributed by atoms with E-state index in [4.69, 9.17) is 9.47 Å². The van der Waals surface area contributed by atoms with Crippen molar-refractivity contribution < 1.29 is 19.1 Å². The van der Waals surface area contributed by atoms with Gasteiger partial charge in [0.25, 0.3) is 0 Å². The highest BCUT2D eigenvalue weighted by Crippen LogP contribution is 2.24. The molecule has 1 amide bonds. The van der Waals surface area contributed by atoms with Crippen molar-refractivity contribution >= 4 is 11.9 Å². The number of benzene rings is 1. The molecule has 0 bridgehead atoms. The van der Waals surface area contributed by atoms with E-state index >= 15 is 0 Å². The van der Waals surface area contributed by atoms with Gasteiger partial charge in [-0.05, 0) is 37.5 Å². The average molecular weight is 376 g/mol. The maximum atomic E-state index is 13.1. The maximum absolute atomic E-state index is 13.1. The normalized spacial score (nSPS) is 16.3. The van der Waals surface area contributed by atoms with Gasteiger partial charge in [-0.15, -0.1) is 0 Å². The van der Waals surface area contributed by atoms with Crippen LogP contribution < -0.4 is 4.74 Å². The summed E-state index contributed by atoms with van der Waals surface area (Å²) in [6.07, 6.45) is 7.12. The topological polar surface area (TPSA) is 55.8 Å². The summed E-state index contributed by atoms with van der Waals surface area (Å²) in [6, 6.07) is 7.91. The Morgan fingerprint density at radius 3 is 2.30 bits per heavy atom. The van der Waals surface area contributed by atoms with Crippen LogP contribution in [0.3, 0.4) is 0 Å². The minimum Gasteiger partial charge on any atom is -0.494 e. The van der Waals surface area contributed by atoms with Crippen molar-refractivity contribution in [1.29, 1.82) is 0 Å². The van der Waals surface area contributed by atoms with E-state index in [1.165, 1.54) is 20.0 Å². The molecule has 1 unspecified atom stereocenters. The molecule has 150 valence electrons. The molecule has 0 spiro atoms. The minimum atomic E-state index is -0.317. The van der Waals surface area contributed by atoms with Crippen molar-refractivity contribution in [2.75, 3.05) is 20.3 Å². The summed E-state index contributed by atoms with van der Waals surface area (Å²) in [5.74, 6) is 0.320. The summed E-state index contributed by atoms with van der Waals surface area (Å²) in [5.41, 5.74) is 0.966. The number of carbonyl (C=O) groups is 2. The van der Waals surface area contributed by atoms with Crippen molar-refractivity contribution in [2.24, 2.45) is 5.92 Å². The molecule has 0 radical (unpaired) electrons. The van der Waals surface area contributed by atoms with Gasteiger partial charge in [-0.3, -0.25) is 9.59 Å². The van der Waals surface area contributed by atoms with Crippen LogP contribution in [0.1, 0.15) is 57.9 Å². The Balaban J connectivity index is 2.09. The fraction of sp³-hybridized carbons (Fsp3) is 0.636. The Morgan fingerprint density at radius 2 is 1.74 bits per heavy atom. The van der Waals surface area contributed by atoms with Crippen LogP contribution in [-0.2, 0) is 20.7 Å². The Bertz CT molecular complexity index is 591. The molecule has 1 aromatic carbocycles. The number of amides is 1. The lowest BCUT2D eigenvalue weighted by molar-refractivity contribution is -0.147. The molecule has 1 atom stereocenters. The molecule has 1 aliphatic carbocycles. The Hall–Kier alpha value is -2.04. The first-order chi connectivity index (χ1) is 13.0. The predicted octanol–water partition coefficient (Wildman–Crippen LogP) is 3.99. The minimum absolute atomic E-state index is 0.0850. The SMILES string of the molecule is CCOc1ccc(CC(=O)N(CC(C)C(=O)OC)C2CCCCCC2)cc1. The lowest BCUT2D eigenvalue weighted by Gasteiger charge is -2.33. The molecule has 5 nitrogen and oxygen atoms in total. The van der Waals surface area contributed by atoms with Gasteiger partial charge >= 0.3 is 5.97 Å². The zero-order chi connectivity index (χ0) is 19.6. The lowest BCUT2D eigenvalue weighted by atomic mass is 10.0. The van der Waals surface area contributed by atoms with Crippen LogP contribution in [0.5, 0.6) is 5.75 Å². The van der Waals surface area contributed by atoms with Crippen LogP contribution >= 0.6 is 0 Å². The van der Waals surface area contributed by atoms with E-state index in [0.29, 0.717) is 19.6 Å². The highest BCUT2D eigenvalue weighted by molar-refractivity contribution is 5.80. The zero-order valence-corrected chi connectivity index (χ0v) is 16.9. The quantitative estimate of drug-likeness (QED) is 0.509. The van der Waals surface area contributed by atoms with E-state index in [-0.39, 0.29) is 23.8 Å². The van der Waals surface area contributed by atoms with E-state index < -0.39 is 0 Å². The standard InChI is InChI=1S/C22H33NO4/c1-4-27-20-13-11-18(12-14-20)15-21(24)23(16-17(2)22(25)26-3)19-9-7-5-6-8-10-19/h11-14,17,19H,4-10,15-16H2,1-3H3. The third-order valence-corrected chi connectivity index (χ3v) is 5.25. The van der Waals surface area contributed by atoms with Gasteiger partial charge < -0.3 is 14.4 Å². The molecule has 1 saturated carbocycles. The first-order valence-electron chi connectivity index (χ1n) is 10.1. The number of carbonyl (C=O) groups excluding carboxylic acids is 2. The van der Waals surface area contributed by atoms with E-state index in [9.17, 15) is 9.59 Å². The van der Waals surface area contributed by atoms with Gasteiger partial charge in [0.05, 0.1) is 26.1 Å². The van der Waals surface area contributed by atoms with Crippen LogP contribution in [0.2, 0.25) is 0 Å². The zero-order valence-electron chi connectivity index (χ0n) is 16.9. The molecule has 0 heterocycles. The first-order valence-corrected chi connectivity index (χ1v) is 10.1. The van der Waals surface area contributed by atoms with Crippen LogP contribution in [0, 0.1) is 5.92 Å². The number of rotatable bonds is 8. The maximum Gasteiger partial charge on any atom is 0.310 e. The van der Waals surface area contributed by atoms with E-state index in [2.05, 4.69) is 0 Å². The molecule has 1 fully saturated rings. The molecule has 0 N–H and O–H groups in total. The van der Waals surface area contributed by atoms with Crippen LogP contribution in [0.4, 0.5) is 0 Å². The number of methoxy groups -OCH3 is 1. The van der Waals surface area contributed by atoms with Gasteiger partial charge in [-0.25, -0.2) is 0 Å². The third-order valence-electron chi connectivity index (χ3n) is 5.25. The molecule has 2 rings (SSSR count). The predicted molar refractivity (Wildman–Crippen MR) is 106 cm³/mol. The summed E-state index contributed by atoms with van der Waals surface area (Å²) in [7, 11) is 1.40. The van der Waals surface area contributed by atoms with Crippen LogP contribution in [0.15, 0.2) is 24.3 Å². The molecule has 1 aromatic rings. The summed E-state index contributed by atoms with van der Waals surface area (Å²) in [5, 5.41) is 0. The summed E-state index contributed by atoms with van der Waals surface area (Å²) < 4.78 is 10.3. The molecular formula is C22H33NO4. The summed E-state index contributed by atoms with van der Waals surface area (Å²) in [4.78, 5) is 27.0. The first kappa shape index (κ1) is 21.3. The second-order valence-corrected chi connectivity index (χ2v) is 7.37. The van der Waals surface area contributed by atoms with Crippen molar-refractivity contribution in [2.45, 2.75) is 64.8 Å². The number of nitrogens with zero attached hydrogens (tertiary/aromatic N) is 1. The number of ether oxygens (including phenoxy) is 2. The Kier molecular flexibility index (Phi) is 8.62. The number of hydrogen-bond donors (Lipinski definition) is 0. The van der Waals surface area contributed by atoms with Gasteiger partial charge in [-0.2, -0.15) is 0 Å². The largest absolute Gasteiger partial charge is 0.494 e. The van der Waals surface area contributed by atoms with Crippen molar-refractivity contribution in [3.63, 3.8) is 0 Å². The van der Waals surface area contributed by atoms with Gasteiger partial charge in [0.1, 0.15) is 5.75 Å². The van der Waals surface area contributed by atoms with E-state index in [0.717, 1.165) is 37.0 Å². The van der Waals surface area contributed by atoms with Crippen LogP contribution in [-0.4, -0.2) is 43.1 Å². The van der Waals surface area contributed by atoms with E-state index in [1.54, 1.807) is 0 Å². The molecule has 5 heteroatoms. The van der Waals surface area contributed by atoms with Gasteiger partial charge in [-0.1, -0.05) is 44.7 Å². The van der Waals surface area contributed by atoms with Crippen molar-refractivity contribution in [3.05, 3.63) is 29.8 Å². The van der Waals surface area contributed by atoms with E-state index in [1.807, 2.05) is 43.0 Å². The second-order valence-electron chi connectivity index (χ2n) is 7.37. The van der Waals surface area contributed by atoms with Crippen molar-refractivity contribution in [3.8, 4) is 5.75 Å². The number of esters is 1. The highest BCUT2D eigenvalue weighted by Gasteiger charge is 2.28. The van der Waals surface area contributed by atoms with Gasteiger partial charge in [0.15, 0.2) is 0 Å². The van der Waals surface area contributed by atoms with Gasteiger partial charge in [0.2, 0.25) is 5.91 Å². The highest BCUT2D eigenvalue weighted by atomic mass is 16.5. The fourth-order valence-electron chi connectivity index (χ4n) is 3.74. The Labute approximate surface area is 163 Å². The molecular weight excluding hydrogens is 342 g/mol. The monoisotopic (exact) mass is 375 g/mol. The van der Waals surface area contributed by atoms with Crippen molar-refractivity contribution in [1.82, 2.24) is 4.90 Å². The third kappa shape index (κ3) is 6.56. The summed E-state index contributed by atoms with van der Waals surface area (Å²) >= 11 is 0. The summed E-state index contributed by atoms with van der Waals surface area (Å²) in [6.45, 7) is 4.83. The average Bonchev–Trinajstić information content (AvgIpc) is 2.96. The molecule has 0 aromatic heterocycles. The number of hydrogen-bond acceptors (Lipinski definition) is 4. The molecule has 0 aliphatic heterocycles. The molecule has 27 heavy (non-hydrogen) atoms. The molecule has 1 aliphatic rings. The second kappa shape index (κ2) is 11.0. The smallest absolute Gasteiger partial charge is 0.310 e. The molecule has 0 saturated heterocycles. The Morgan fingerprint density at radius 1 is 1.11 bits per heavy atom.